The van der Waals surface area contributed by atoms with E-state index in [0.29, 0.717) is 6.54 Å². The number of halogens is 2. The zero-order valence-corrected chi connectivity index (χ0v) is 11.3. The van der Waals surface area contributed by atoms with Crippen molar-refractivity contribution in [2.24, 2.45) is 0 Å². The Balaban J connectivity index is 2.42. The molecule has 17 heavy (non-hydrogen) atoms. The van der Waals surface area contributed by atoms with E-state index in [-0.39, 0.29) is 10.3 Å². The molecule has 0 aliphatic carbocycles. The minimum atomic E-state index is -2.38. The molecule has 4 heteroatoms. The smallest absolute Gasteiger partial charge is 0.263 e. The van der Waals surface area contributed by atoms with Crippen LogP contribution in [0.25, 0.3) is 0 Å². The Kier molecular flexibility index (Phi) is 5.40. The van der Waals surface area contributed by atoms with Crippen molar-refractivity contribution < 1.29 is 8.78 Å². The molecule has 1 aromatic rings. The van der Waals surface area contributed by atoms with E-state index < -0.39 is 6.43 Å². The normalized spacial score (nSPS) is 12.1. The van der Waals surface area contributed by atoms with Crippen molar-refractivity contribution in [1.29, 1.82) is 0 Å². The lowest BCUT2D eigenvalue weighted by atomic mass is 10.1. The molecule has 0 atom stereocenters. The minimum Gasteiger partial charge on any atom is -0.311 e. The Hall–Kier alpha value is -0.610. The molecule has 0 amide bonds. The molecule has 0 saturated carbocycles. The summed E-state index contributed by atoms with van der Waals surface area (Å²) in [4.78, 5) is 0. The molecule has 0 aliphatic rings. The van der Waals surface area contributed by atoms with E-state index in [2.05, 4.69) is 25.4 Å². The molecule has 1 rings (SSSR count). The highest BCUT2D eigenvalue weighted by molar-refractivity contribution is 7.99. The third-order valence-corrected chi connectivity index (χ3v) is 3.91. The number of thioether (sulfide) groups is 1. The minimum absolute atomic E-state index is 0.0817. The van der Waals surface area contributed by atoms with Gasteiger partial charge in [0.25, 0.3) is 6.43 Å². The maximum absolute atomic E-state index is 12.3. The van der Waals surface area contributed by atoms with E-state index in [1.165, 1.54) is 12.1 Å². The van der Waals surface area contributed by atoms with Crippen LogP contribution < -0.4 is 5.32 Å². The molecule has 1 N–H and O–H groups in total. The standard InChI is InChI=1S/C13H19F2NS/c1-13(2,17-3)9-16-8-10-4-6-11(7-5-10)12(14)15/h4-7,12,16H,8-9H2,1-3H3. The van der Waals surface area contributed by atoms with Crippen LogP contribution >= 0.6 is 11.8 Å². The molecule has 0 saturated heterocycles. The number of hydrogen-bond acceptors (Lipinski definition) is 2. The summed E-state index contributed by atoms with van der Waals surface area (Å²) >= 11 is 1.81. The molecule has 0 unspecified atom stereocenters. The lowest BCUT2D eigenvalue weighted by Crippen LogP contribution is -2.31. The van der Waals surface area contributed by atoms with Crippen LogP contribution in [0.5, 0.6) is 0 Å². The SMILES string of the molecule is CSC(C)(C)CNCc1ccc(C(F)F)cc1. The van der Waals surface area contributed by atoms with Crippen molar-refractivity contribution in [2.75, 3.05) is 12.8 Å². The van der Waals surface area contributed by atoms with Gasteiger partial charge in [0.05, 0.1) is 0 Å². The zero-order valence-electron chi connectivity index (χ0n) is 10.5. The van der Waals surface area contributed by atoms with Crippen LogP contribution in [-0.4, -0.2) is 17.5 Å². The van der Waals surface area contributed by atoms with Gasteiger partial charge in [-0.1, -0.05) is 24.3 Å². The largest absolute Gasteiger partial charge is 0.311 e. The van der Waals surface area contributed by atoms with E-state index in [1.807, 2.05) is 0 Å². The maximum Gasteiger partial charge on any atom is 0.263 e. The van der Waals surface area contributed by atoms with Crippen molar-refractivity contribution in [3.63, 3.8) is 0 Å². The van der Waals surface area contributed by atoms with E-state index in [1.54, 1.807) is 23.9 Å². The Morgan fingerprint density at radius 1 is 1.24 bits per heavy atom. The van der Waals surface area contributed by atoms with Crippen molar-refractivity contribution in [1.82, 2.24) is 5.32 Å². The summed E-state index contributed by atoms with van der Waals surface area (Å²) in [6.45, 7) is 5.95. The molecule has 96 valence electrons. The quantitative estimate of drug-likeness (QED) is 0.832. The van der Waals surface area contributed by atoms with Crippen molar-refractivity contribution in [3.8, 4) is 0 Å². The molecule has 0 heterocycles. The first-order valence-corrected chi connectivity index (χ1v) is 6.80. The molecule has 1 aromatic carbocycles. The number of rotatable bonds is 6. The first-order chi connectivity index (χ1) is 7.94. The van der Waals surface area contributed by atoms with Crippen molar-refractivity contribution in [3.05, 3.63) is 35.4 Å². The van der Waals surface area contributed by atoms with Crippen LogP contribution in [0, 0.1) is 0 Å². The Morgan fingerprint density at radius 3 is 2.29 bits per heavy atom. The van der Waals surface area contributed by atoms with Gasteiger partial charge in [-0.2, -0.15) is 11.8 Å². The molecule has 0 bridgehead atoms. The second-order valence-corrected chi connectivity index (χ2v) is 6.12. The third-order valence-electron chi connectivity index (χ3n) is 2.66. The molecule has 0 aliphatic heterocycles. The molecule has 1 nitrogen and oxygen atoms in total. The van der Waals surface area contributed by atoms with Crippen LogP contribution in [0.2, 0.25) is 0 Å². The topological polar surface area (TPSA) is 12.0 Å². The molecule has 0 spiro atoms. The lowest BCUT2D eigenvalue weighted by Gasteiger charge is -2.22. The van der Waals surface area contributed by atoms with Gasteiger partial charge in [-0.05, 0) is 25.7 Å². The van der Waals surface area contributed by atoms with Crippen LogP contribution in [0.4, 0.5) is 8.78 Å². The average molecular weight is 259 g/mol. The highest BCUT2D eigenvalue weighted by Gasteiger charge is 2.14. The van der Waals surface area contributed by atoms with Crippen LogP contribution in [0.15, 0.2) is 24.3 Å². The second-order valence-electron chi connectivity index (χ2n) is 4.61. The summed E-state index contributed by atoms with van der Waals surface area (Å²) in [5.41, 5.74) is 1.12. The summed E-state index contributed by atoms with van der Waals surface area (Å²) in [5, 5.41) is 3.33. The van der Waals surface area contributed by atoms with Crippen LogP contribution in [-0.2, 0) is 6.54 Å². The number of alkyl halides is 2. The first kappa shape index (κ1) is 14.5. The number of hydrogen-bond donors (Lipinski definition) is 1. The summed E-state index contributed by atoms with van der Waals surface area (Å²) in [7, 11) is 0. The van der Waals surface area contributed by atoms with E-state index in [9.17, 15) is 8.78 Å². The summed E-state index contributed by atoms with van der Waals surface area (Å²) in [6.07, 6.45) is -0.300. The Morgan fingerprint density at radius 2 is 1.82 bits per heavy atom. The van der Waals surface area contributed by atoms with Crippen molar-refractivity contribution >= 4 is 11.8 Å². The summed E-state index contributed by atoms with van der Waals surface area (Å²) in [5.74, 6) is 0. The van der Waals surface area contributed by atoms with Gasteiger partial charge in [0.2, 0.25) is 0 Å². The summed E-state index contributed by atoms with van der Waals surface area (Å²) < 4.78 is 24.9. The van der Waals surface area contributed by atoms with E-state index in [4.69, 9.17) is 0 Å². The van der Waals surface area contributed by atoms with E-state index in [0.717, 1.165) is 12.1 Å². The molecule has 0 aromatic heterocycles. The molecule has 0 radical (unpaired) electrons. The van der Waals surface area contributed by atoms with Gasteiger partial charge in [0.1, 0.15) is 0 Å². The third kappa shape index (κ3) is 5.04. The Bertz CT molecular complexity index is 336. The van der Waals surface area contributed by atoms with Gasteiger partial charge in [-0.15, -0.1) is 0 Å². The number of nitrogens with one attached hydrogen (secondary N) is 1. The van der Waals surface area contributed by atoms with E-state index >= 15 is 0 Å². The van der Waals surface area contributed by atoms with Gasteiger partial charge in [-0.3, -0.25) is 0 Å². The van der Waals surface area contributed by atoms with Crippen LogP contribution in [0.1, 0.15) is 31.4 Å². The zero-order chi connectivity index (χ0) is 12.9. The average Bonchev–Trinajstić information content (AvgIpc) is 2.29. The molecule has 0 fully saturated rings. The predicted molar refractivity (Wildman–Crippen MR) is 70.7 cm³/mol. The maximum atomic E-state index is 12.3. The van der Waals surface area contributed by atoms with Crippen molar-refractivity contribution in [2.45, 2.75) is 31.6 Å². The second kappa shape index (κ2) is 6.36. The summed E-state index contributed by atoms with van der Waals surface area (Å²) in [6, 6.07) is 6.48. The highest BCUT2D eigenvalue weighted by Crippen LogP contribution is 2.20. The monoisotopic (exact) mass is 259 g/mol. The lowest BCUT2D eigenvalue weighted by molar-refractivity contribution is 0.151. The van der Waals surface area contributed by atoms with Gasteiger partial charge >= 0.3 is 0 Å². The highest BCUT2D eigenvalue weighted by atomic mass is 32.2. The fourth-order valence-corrected chi connectivity index (χ4v) is 1.61. The van der Waals surface area contributed by atoms with Crippen LogP contribution in [0.3, 0.4) is 0 Å². The Labute approximate surface area is 106 Å². The molecular weight excluding hydrogens is 240 g/mol. The first-order valence-electron chi connectivity index (χ1n) is 5.57. The molecular formula is C13H19F2NS. The predicted octanol–water partition coefficient (Wildman–Crippen LogP) is 3.86. The fraction of sp³-hybridized carbons (Fsp3) is 0.538. The van der Waals surface area contributed by atoms with Gasteiger partial charge < -0.3 is 5.32 Å². The van der Waals surface area contributed by atoms with Gasteiger partial charge in [-0.25, -0.2) is 8.78 Å². The fourth-order valence-electron chi connectivity index (χ4n) is 1.36. The number of benzene rings is 1. The van der Waals surface area contributed by atoms with Gasteiger partial charge in [0, 0.05) is 23.4 Å². The van der Waals surface area contributed by atoms with Gasteiger partial charge in [0.15, 0.2) is 0 Å².